The minimum absolute atomic E-state index is 0.611. The summed E-state index contributed by atoms with van der Waals surface area (Å²) in [6, 6.07) is 0. The number of nitrogens with zero attached hydrogens (tertiary/aromatic N) is 1. The summed E-state index contributed by atoms with van der Waals surface area (Å²) in [5, 5.41) is 0. The second-order valence-corrected chi connectivity index (χ2v) is 4.08. The molecule has 1 atom stereocenters. The molecule has 0 saturated carbocycles. The lowest BCUT2D eigenvalue weighted by Gasteiger charge is -2.13. The first-order chi connectivity index (χ1) is 5.84. The second kappa shape index (κ2) is 5.64. The van der Waals surface area contributed by atoms with Crippen LogP contribution >= 0.6 is 0 Å². The second-order valence-electron chi connectivity index (χ2n) is 2.77. The first-order valence-corrected chi connectivity index (χ1v) is 5.34. The molecule has 0 amide bonds. The molecular weight excluding hydrogens is 176 g/mol. The number of methoxy groups -OCH3 is 1. The summed E-state index contributed by atoms with van der Waals surface area (Å²) in [5.41, 5.74) is 0. The fraction of sp³-hybridized carbons (Fsp3) is 1.00. The molecule has 4 nitrogen and oxygen atoms in total. The van der Waals surface area contributed by atoms with Gasteiger partial charge in [-0.1, -0.05) is 0 Å². The van der Waals surface area contributed by atoms with E-state index < -0.39 is 11.2 Å². The monoisotopic (exact) mass is 192 g/mol. The Kier molecular flexibility index (Phi) is 4.75. The molecule has 0 spiro atoms. The van der Waals surface area contributed by atoms with Crippen LogP contribution in [0.4, 0.5) is 0 Å². The zero-order chi connectivity index (χ0) is 8.81. The maximum absolute atomic E-state index is 11.4. The van der Waals surface area contributed by atoms with Crippen LogP contribution in [0.5, 0.6) is 0 Å². The number of nitrogens with one attached hydrogen (secondary N) is 1. The summed E-state index contributed by atoms with van der Waals surface area (Å²) < 4.78 is 21.1. The summed E-state index contributed by atoms with van der Waals surface area (Å²) in [6.45, 7) is 3.17. The molecule has 1 saturated heterocycles. The summed E-state index contributed by atoms with van der Waals surface area (Å²) in [6.07, 6.45) is 2.33. The molecule has 1 aliphatic rings. The van der Waals surface area contributed by atoms with E-state index in [4.69, 9.17) is 4.74 Å². The number of ether oxygens (including phenoxy) is 1. The van der Waals surface area contributed by atoms with E-state index in [0.717, 1.165) is 25.9 Å². The third-order valence-corrected chi connectivity index (χ3v) is 3.12. The van der Waals surface area contributed by atoms with Crippen LogP contribution in [0.2, 0.25) is 0 Å². The van der Waals surface area contributed by atoms with Gasteiger partial charge in [0.15, 0.2) is 11.2 Å². The van der Waals surface area contributed by atoms with Crippen molar-refractivity contribution in [3.05, 3.63) is 0 Å². The lowest BCUT2D eigenvalue weighted by Crippen LogP contribution is -2.34. The van der Waals surface area contributed by atoms with E-state index in [1.165, 1.54) is 0 Å². The minimum Gasteiger partial charge on any atom is -0.383 e. The van der Waals surface area contributed by atoms with E-state index in [0.29, 0.717) is 13.2 Å². The van der Waals surface area contributed by atoms with Gasteiger partial charge in [0, 0.05) is 26.7 Å². The quantitative estimate of drug-likeness (QED) is 0.618. The van der Waals surface area contributed by atoms with Crippen LogP contribution in [0, 0.1) is 0 Å². The molecule has 0 bridgehead atoms. The molecule has 72 valence electrons. The Morgan fingerprint density at radius 1 is 1.50 bits per heavy atom. The zero-order valence-electron chi connectivity index (χ0n) is 7.41. The van der Waals surface area contributed by atoms with Gasteiger partial charge < -0.3 is 4.74 Å². The first kappa shape index (κ1) is 10.1. The fourth-order valence-electron chi connectivity index (χ4n) is 1.18. The molecule has 5 heteroatoms. The van der Waals surface area contributed by atoms with Gasteiger partial charge in [-0.05, 0) is 12.8 Å². The van der Waals surface area contributed by atoms with E-state index >= 15 is 0 Å². The highest BCUT2D eigenvalue weighted by Crippen LogP contribution is 2.07. The van der Waals surface area contributed by atoms with E-state index in [2.05, 4.69) is 4.72 Å². The third kappa shape index (κ3) is 3.18. The average Bonchev–Trinajstić information content (AvgIpc) is 2.56. The maximum Gasteiger partial charge on any atom is 0.169 e. The van der Waals surface area contributed by atoms with Crippen LogP contribution in [-0.4, -0.2) is 41.9 Å². The van der Waals surface area contributed by atoms with Crippen molar-refractivity contribution in [2.75, 3.05) is 33.4 Å². The van der Waals surface area contributed by atoms with Gasteiger partial charge in [-0.25, -0.2) is 13.2 Å². The van der Waals surface area contributed by atoms with Crippen molar-refractivity contribution < 1.29 is 8.95 Å². The Labute approximate surface area is 76.0 Å². The normalized spacial score (nSPS) is 21.4. The number of rotatable bonds is 5. The van der Waals surface area contributed by atoms with E-state index in [1.807, 2.05) is 4.31 Å². The fourth-order valence-corrected chi connectivity index (χ4v) is 2.21. The molecule has 1 aliphatic heterocycles. The third-order valence-electron chi connectivity index (χ3n) is 1.83. The Bertz CT molecular complexity index is 148. The zero-order valence-corrected chi connectivity index (χ0v) is 8.23. The molecule has 0 aliphatic carbocycles. The Balaban J connectivity index is 2.10. The van der Waals surface area contributed by atoms with Crippen molar-refractivity contribution in [1.82, 2.24) is 9.03 Å². The first-order valence-electron chi connectivity index (χ1n) is 4.24. The van der Waals surface area contributed by atoms with Gasteiger partial charge in [0.25, 0.3) is 0 Å². The molecule has 1 fully saturated rings. The van der Waals surface area contributed by atoms with Crippen molar-refractivity contribution in [1.29, 1.82) is 0 Å². The van der Waals surface area contributed by atoms with E-state index in [-0.39, 0.29) is 0 Å². The summed E-state index contributed by atoms with van der Waals surface area (Å²) in [7, 11) is 1.64. The molecule has 0 aromatic carbocycles. The lowest BCUT2D eigenvalue weighted by molar-refractivity contribution is 0.204. The summed E-state index contributed by atoms with van der Waals surface area (Å²) in [5.74, 6) is 0. The van der Waals surface area contributed by atoms with Gasteiger partial charge in [-0.2, -0.15) is 0 Å². The summed E-state index contributed by atoms with van der Waals surface area (Å²) >= 11 is -0.994. The highest BCUT2D eigenvalue weighted by Gasteiger charge is 2.16. The molecular formula is C7H16N2O2S. The highest BCUT2D eigenvalue weighted by atomic mass is 32.2. The van der Waals surface area contributed by atoms with Crippen LogP contribution < -0.4 is 4.72 Å². The van der Waals surface area contributed by atoms with Gasteiger partial charge in [0.2, 0.25) is 0 Å². The van der Waals surface area contributed by atoms with Crippen molar-refractivity contribution >= 4 is 11.2 Å². The van der Waals surface area contributed by atoms with Crippen LogP contribution in [0.25, 0.3) is 0 Å². The van der Waals surface area contributed by atoms with Crippen molar-refractivity contribution in [3.63, 3.8) is 0 Å². The Morgan fingerprint density at radius 3 is 2.75 bits per heavy atom. The predicted molar refractivity (Wildman–Crippen MR) is 48.8 cm³/mol. The largest absolute Gasteiger partial charge is 0.383 e. The lowest BCUT2D eigenvalue weighted by atomic mass is 10.4. The molecule has 0 radical (unpaired) electrons. The van der Waals surface area contributed by atoms with Crippen molar-refractivity contribution in [3.8, 4) is 0 Å². The van der Waals surface area contributed by atoms with Crippen LogP contribution in [0.15, 0.2) is 0 Å². The molecule has 1 N–H and O–H groups in total. The molecule has 1 heterocycles. The van der Waals surface area contributed by atoms with Crippen LogP contribution in [0.1, 0.15) is 12.8 Å². The molecule has 1 unspecified atom stereocenters. The smallest absolute Gasteiger partial charge is 0.169 e. The average molecular weight is 192 g/mol. The summed E-state index contributed by atoms with van der Waals surface area (Å²) in [4.78, 5) is 0. The molecule has 0 aromatic rings. The van der Waals surface area contributed by atoms with Crippen molar-refractivity contribution in [2.45, 2.75) is 12.8 Å². The van der Waals surface area contributed by atoms with Crippen molar-refractivity contribution in [2.24, 2.45) is 0 Å². The SMILES string of the molecule is COCCNS(=O)N1CCCC1. The number of hydrogen-bond acceptors (Lipinski definition) is 2. The van der Waals surface area contributed by atoms with E-state index in [9.17, 15) is 4.21 Å². The van der Waals surface area contributed by atoms with Crippen LogP contribution in [0.3, 0.4) is 0 Å². The molecule has 0 aromatic heterocycles. The molecule has 12 heavy (non-hydrogen) atoms. The van der Waals surface area contributed by atoms with Gasteiger partial charge in [-0.3, -0.25) is 0 Å². The topological polar surface area (TPSA) is 41.6 Å². The maximum atomic E-state index is 11.4. The Hall–Kier alpha value is 0.0300. The standard InChI is InChI=1S/C7H16N2O2S/c1-11-7-4-8-12(10)9-5-2-3-6-9/h8H,2-7H2,1H3. The highest BCUT2D eigenvalue weighted by molar-refractivity contribution is 7.80. The Morgan fingerprint density at radius 2 is 2.17 bits per heavy atom. The van der Waals surface area contributed by atoms with Gasteiger partial charge in [0.1, 0.15) is 0 Å². The van der Waals surface area contributed by atoms with Gasteiger partial charge in [-0.15, -0.1) is 0 Å². The minimum atomic E-state index is -0.994. The van der Waals surface area contributed by atoms with Gasteiger partial charge >= 0.3 is 0 Å². The van der Waals surface area contributed by atoms with E-state index in [1.54, 1.807) is 7.11 Å². The number of hydrogen-bond donors (Lipinski definition) is 1. The van der Waals surface area contributed by atoms with Gasteiger partial charge in [0.05, 0.1) is 6.61 Å². The van der Waals surface area contributed by atoms with Crippen LogP contribution in [-0.2, 0) is 15.9 Å². The molecule has 1 rings (SSSR count). The predicted octanol–water partition coefficient (Wildman–Crippen LogP) is -0.103.